The minimum absolute atomic E-state index is 0.161. The number of carbonyl (C=O) groups is 1. The molecule has 4 nitrogen and oxygen atoms in total. The number of rotatable bonds is 2. The minimum Gasteiger partial charge on any atom is -0.479 e. The van der Waals surface area contributed by atoms with Crippen molar-refractivity contribution in [1.29, 1.82) is 5.26 Å². The molecule has 1 atom stereocenters. The summed E-state index contributed by atoms with van der Waals surface area (Å²) in [6, 6.07) is 4.66. The van der Waals surface area contributed by atoms with Gasteiger partial charge in [0.05, 0.1) is 5.56 Å². The van der Waals surface area contributed by atoms with Gasteiger partial charge in [-0.1, -0.05) is 0 Å². The van der Waals surface area contributed by atoms with Gasteiger partial charge < -0.3 is 10.2 Å². The normalized spacial score (nSPS) is 11.9. The molecule has 0 amide bonds. The molecular weight excluding hydrogens is 330 g/mol. The van der Waals surface area contributed by atoms with E-state index in [0.717, 1.165) is 0 Å². The second-order valence-corrected chi connectivity index (χ2v) is 4.36. The molecule has 0 aliphatic rings. The van der Waals surface area contributed by atoms with E-state index in [-0.39, 0.29) is 11.1 Å². The Hall–Kier alpha value is -0.900. The Bertz CT molecular complexity index is 453. The number of benzene rings is 1. The Kier molecular flexibility index (Phi) is 3.85. The van der Waals surface area contributed by atoms with E-state index >= 15 is 0 Å². The molecule has 6 heteroatoms. The van der Waals surface area contributed by atoms with E-state index in [0.29, 0.717) is 8.95 Å². The number of nitriles is 1. The predicted molar refractivity (Wildman–Crippen MR) is 59.2 cm³/mol. The van der Waals surface area contributed by atoms with Crippen LogP contribution in [-0.4, -0.2) is 16.2 Å². The summed E-state index contributed by atoms with van der Waals surface area (Å²) in [5.74, 6) is -1.35. The fourth-order valence-electron chi connectivity index (χ4n) is 0.992. The first-order valence-electron chi connectivity index (χ1n) is 3.77. The van der Waals surface area contributed by atoms with Crippen molar-refractivity contribution >= 4 is 37.8 Å². The summed E-state index contributed by atoms with van der Waals surface area (Å²) in [6.07, 6.45) is -1.62. The highest BCUT2D eigenvalue weighted by molar-refractivity contribution is 9.13. The lowest BCUT2D eigenvalue weighted by atomic mass is 10.1. The van der Waals surface area contributed by atoms with Crippen LogP contribution >= 0.6 is 31.9 Å². The van der Waals surface area contributed by atoms with Crippen molar-refractivity contribution in [2.45, 2.75) is 6.10 Å². The molecule has 1 aromatic carbocycles. The summed E-state index contributed by atoms with van der Waals surface area (Å²) >= 11 is 6.32. The van der Waals surface area contributed by atoms with Gasteiger partial charge in [-0.3, -0.25) is 0 Å². The van der Waals surface area contributed by atoms with Crippen LogP contribution in [0.25, 0.3) is 0 Å². The van der Waals surface area contributed by atoms with Gasteiger partial charge >= 0.3 is 5.97 Å². The second kappa shape index (κ2) is 4.75. The van der Waals surface area contributed by atoms with E-state index in [4.69, 9.17) is 10.4 Å². The Morgan fingerprint density at radius 3 is 2.53 bits per heavy atom. The molecule has 0 aromatic heterocycles. The van der Waals surface area contributed by atoms with Gasteiger partial charge in [-0.05, 0) is 49.6 Å². The van der Waals surface area contributed by atoms with E-state index in [1.165, 1.54) is 12.1 Å². The van der Waals surface area contributed by atoms with Gasteiger partial charge in [0.2, 0.25) is 0 Å². The van der Waals surface area contributed by atoms with Gasteiger partial charge in [0, 0.05) is 8.95 Å². The lowest BCUT2D eigenvalue weighted by molar-refractivity contribution is -0.146. The predicted octanol–water partition coefficient (Wildman–Crippen LogP) is 2.20. The van der Waals surface area contributed by atoms with Crippen LogP contribution < -0.4 is 0 Å². The molecule has 0 heterocycles. The molecule has 2 N–H and O–H groups in total. The zero-order valence-corrected chi connectivity index (χ0v) is 10.4. The summed E-state index contributed by atoms with van der Waals surface area (Å²) in [6.45, 7) is 0. The molecule has 0 aliphatic heterocycles. The number of carboxylic acid groups (broad SMARTS) is 1. The highest BCUT2D eigenvalue weighted by Gasteiger charge is 2.18. The van der Waals surface area contributed by atoms with Crippen LogP contribution in [0.4, 0.5) is 0 Å². The first-order chi connectivity index (χ1) is 6.97. The summed E-state index contributed by atoms with van der Waals surface area (Å²) in [5, 5.41) is 26.6. The van der Waals surface area contributed by atoms with Crippen molar-refractivity contribution < 1.29 is 15.0 Å². The topological polar surface area (TPSA) is 81.3 Å². The summed E-state index contributed by atoms with van der Waals surface area (Å²) in [5.41, 5.74) is 0.425. The van der Waals surface area contributed by atoms with Gasteiger partial charge in [0.15, 0.2) is 6.10 Å². The second-order valence-electron chi connectivity index (χ2n) is 2.72. The van der Waals surface area contributed by atoms with E-state index in [9.17, 15) is 9.90 Å². The number of carboxylic acids is 1. The van der Waals surface area contributed by atoms with Crippen LogP contribution in [-0.2, 0) is 4.79 Å². The third-order valence-electron chi connectivity index (χ3n) is 1.72. The Morgan fingerprint density at radius 2 is 2.07 bits per heavy atom. The zero-order valence-electron chi connectivity index (χ0n) is 7.24. The SMILES string of the molecule is N#Cc1cc(C(O)C(=O)O)cc(Br)c1Br. The first kappa shape index (κ1) is 12.2. The number of hydrogen-bond donors (Lipinski definition) is 2. The summed E-state index contributed by atoms with van der Waals surface area (Å²) in [7, 11) is 0. The Balaban J connectivity index is 3.30. The molecule has 1 rings (SSSR count). The average molecular weight is 335 g/mol. The quantitative estimate of drug-likeness (QED) is 0.868. The molecule has 0 saturated heterocycles. The van der Waals surface area contributed by atoms with Crippen molar-refractivity contribution in [2.24, 2.45) is 0 Å². The smallest absolute Gasteiger partial charge is 0.337 e. The highest BCUT2D eigenvalue weighted by atomic mass is 79.9. The monoisotopic (exact) mass is 333 g/mol. The molecule has 1 aromatic rings. The number of hydrogen-bond acceptors (Lipinski definition) is 3. The molecule has 0 bridgehead atoms. The van der Waals surface area contributed by atoms with Crippen LogP contribution in [0.5, 0.6) is 0 Å². The van der Waals surface area contributed by atoms with Crippen molar-refractivity contribution in [3.63, 3.8) is 0 Å². The van der Waals surface area contributed by atoms with Gasteiger partial charge in [-0.15, -0.1) is 0 Å². The van der Waals surface area contributed by atoms with E-state index in [2.05, 4.69) is 31.9 Å². The van der Waals surface area contributed by atoms with Crippen molar-refractivity contribution in [2.75, 3.05) is 0 Å². The lowest BCUT2D eigenvalue weighted by Gasteiger charge is -2.08. The third kappa shape index (κ3) is 2.56. The first-order valence-corrected chi connectivity index (χ1v) is 5.36. The number of aliphatic hydroxyl groups excluding tert-OH is 1. The van der Waals surface area contributed by atoms with Crippen LogP contribution in [0.2, 0.25) is 0 Å². The Morgan fingerprint density at radius 1 is 1.47 bits per heavy atom. The zero-order chi connectivity index (χ0) is 11.6. The number of aliphatic hydroxyl groups is 1. The molecular formula is C9H5Br2NO3. The van der Waals surface area contributed by atoms with Crippen LogP contribution in [0.1, 0.15) is 17.2 Å². The largest absolute Gasteiger partial charge is 0.479 e. The maximum Gasteiger partial charge on any atom is 0.337 e. The van der Waals surface area contributed by atoms with E-state index < -0.39 is 12.1 Å². The minimum atomic E-state index is -1.62. The highest BCUT2D eigenvalue weighted by Crippen LogP contribution is 2.30. The van der Waals surface area contributed by atoms with E-state index in [1.54, 1.807) is 0 Å². The molecule has 15 heavy (non-hydrogen) atoms. The molecule has 0 spiro atoms. The molecule has 0 radical (unpaired) electrons. The number of nitrogens with zero attached hydrogens (tertiary/aromatic N) is 1. The standard InChI is InChI=1S/C9H5Br2NO3/c10-6-2-4(8(13)9(14)15)1-5(3-12)7(6)11/h1-2,8,13H,(H,14,15). The van der Waals surface area contributed by atoms with Gasteiger partial charge in [-0.25, -0.2) is 4.79 Å². The van der Waals surface area contributed by atoms with Crippen LogP contribution in [0, 0.1) is 11.3 Å². The molecule has 78 valence electrons. The van der Waals surface area contributed by atoms with Crippen molar-refractivity contribution in [3.8, 4) is 6.07 Å². The van der Waals surface area contributed by atoms with Crippen molar-refractivity contribution in [3.05, 3.63) is 32.2 Å². The summed E-state index contributed by atoms with van der Waals surface area (Å²) in [4.78, 5) is 10.5. The summed E-state index contributed by atoms with van der Waals surface area (Å²) < 4.78 is 1.06. The van der Waals surface area contributed by atoms with Gasteiger partial charge in [-0.2, -0.15) is 5.26 Å². The van der Waals surface area contributed by atoms with Gasteiger partial charge in [0.1, 0.15) is 6.07 Å². The number of aliphatic carboxylic acids is 1. The molecule has 1 unspecified atom stereocenters. The Labute approximate surface area is 102 Å². The fraction of sp³-hybridized carbons (Fsp3) is 0.111. The molecule has 0 saturated carbocycles. The lowest BCUT2D eigenvalue weighted by Crippen LogP contribution is -2.10. The van der Waals surface area contributed by atoms with Crippen molar-refractivity contribution in [1.82, 2.24) is 0 Å². The molecule has 0 fully saturated rings. The van der Waals surface area contributed by atoms with E-state index in [1.807, 2.05) is 6.07 Å². The third-order valence-corrected chi connectivity index (χ3v) is 3.73. The van der Waals surface area contributed by atoms with Crippen LogP contribution in [0.3, 0.4) is 0 Å². The maximum absolute atomic E-state index is 10.5. The fourth-order valence-corrected chi connectivity index (χ4v) is 1.79. The average Bonchev–Trinajstić information content (AvgIpc) is 2.20. The molecule has 0 aliphatic carbocycles. The van der Waals surface area contributed by atoms with Crippen LogP contribution in [0.15, 0.2) is 21.1 Å². The number of halogens is 2. The van der Waals surface area contributed by atoms with Gasteiger partial charge in [0.25, 0.3) is 0 Å². The maximum atomic E-state index is 10.5.